The lowest BCUT2D eigenvalue weighted by Crippen LogP contribution is -2.31. The topological polar surface area (TPSA) is 60.2 Å². The zero-order valence-electron chi connectivity index (χ0n) is 11.3. The summed E-state index contributed by atoms with van der Waals surface area (Å²) in [6.45, 7) is 4.93. The highest BCUT2D eigenvalue weighted by molar-refractivity contribution is 5.53. The van der Waals surface area contributed by atoms with Gasteiger partial charge in [0.05, 0.1) is 12.3 Å². The molecule has 18 heavy (non-hydrogen) atoms. The molecule has 2 rings (SSSR count). The average Bonchev–Trinajstić information content (AvgIpc) is 2.27. The Morgan fingerprint density at radius 2 is 2.28 bits per heavy atom. The fraction of sp³-hybridized carbons (Fsp3) is 0.643. The Kier molecular flexibility index (Phi) is 4.28. The van der Waals surface area contributed by atoms with Crippen LogP contribution in [0.4, 0.5) is 11.5 Å². The number of nitrogens with one attached hydrogen (secondary N) is 1. The van der Waals surface area contributed by atoms with Crippen LogP contribution < -0.4 is 15.8 Å². The van der Waals surface area contributed by atoms with Crippen molar-refractivity contribution in [2.75, 3.05) is 17.7 Å². The quantitative estimate of drug-likeness (QED) is 0.813. The molecule has 0 aliphatic heterocycles. The normalized spacial score (nSPS) is 17.0. The van der Waals surface area contributed by atoms with E-state index < -0.39 is 0 Å². The molecular weight excluding hydrogens is 226 g/mol. The third-order valence-electron chi connectivity index (χ3n) is 3.57. The zero-order valence-corrected chi connectivity index (χ0v) is 11.3. The van der Waals surface area contributed by atoms with Crippen LogP contribution in [0.3, 0.4) is 0 Å². The van der Waals surface area contributed by atoms with E-state index in [1.807, 2.05) is 12.1 Å². The molecule has 0 saturated heterocycles. The van der Waals surface area contributed by atoms with Crippen LogP contribution >= 0.6 is 0 Å². The fourth-order valence-corrected chi connectivity index (χ4v) is 2.14. The number of hydrogen-bond acceptors (Lipinski definition) is 4. The Morgan fingerprint density at radius 1 is 1.50 bits per heavy atom. The Labute approximate surface area is 109 Å². The molecule has 4 nitrogen and oxygen atoms in total. The average molecular weight is 249 g/mol. The van der Waals surface area contributed by atoms with E-state index in [4.69, 9.17) is 10.5 Å². The monoisotopic (exact) mass is 249 g/mol. The van der Waals surface area contributed by atoms with Crippen molar-refractivity contribution >= 4 is 11.5 Å². The number of aromatic nitrogens is 1. The molecule has 1 heterocycles. The number of ether oxygens (including phenoxy) is 1. The van der Waals surface area contributed by atoms with E-state index in [1.165, 1.54) is 19.3 Å². The molecule has 0 amide bonds. The standard InChI is InChI=1S/C14H23N3O/c1-3-9-18-14-12(15)7-8-13(17-14)16-10(2)11-5-4-6-11/h7-8,10-11H,3-6,9,15H2,1-2H3,(H,16,17). The van der Waals surface area contributed by atoms with E-state index in [0.717, 1.165) is 18.2 Å². The van der Waals surface area contributed by atoms with Gasteiger partial charge in [-0.2, -0.15) is 4.98 Å². The van der Waals surface area contributed by atoms with Crippen molar-refractivity contribution in [1.82, 2.24) is 4.98 Å². The first-order valence-electron chi connectivity index (χ1n) is 6.86. The van der Waals surface area contributed by atoms with Gasteiger partial charge >= 0.3 is 0 Å². The summed E-state index contributed by atoms with van der Waals surface area (Å²) >= 11 is 0. The minimum atomic E-state index is 0.467. The summed E-state index contributed by atoms with van der Waals surface area (Å²) in [5.41, 5.74) is 6.45. The van der Waals surface area contributed by atoms with Crippen molar-refractivity contribution in [1.29, 1.82) is 0 Å². The summed E-state index contributed by atoms with van der Waals surface area (Å²) in [5, 5.41) is 3.44. The minimum Gasteiger partial charge on any atom is -0.476 e. The van der Waals surface area contributed by atoms with Crippen LogP contribution in [-0.4, -0.2) is 17.6 Å². The van der Waals surface area contributed by atoms with Crippen molar-refractivity contribution in [2.45, 2.75) is 45.6 Å². The molecule has 1 aromatic heterocycles. The smallest absolute Gasteiger partial charge is 0.239 e. The van der Waals surface area contributed by atoms with E-state index in [9.17, 15) is 0 Å². The van der Waals surface area contributed by atoms with Gasteiger partial charge in [0.2, 0.25) is 5.88 Å². The van der Waals surface area contributed by atoms with Gasteiger partial charge in [-0.05, 0) is 44.2 Å². The molecular formula is C14H23N3O. The second-order valence-corrected chi connectivity index (χ2v) is 5.06. The van der Waals surface area contributed by atoms with Crippen LogP contribution in [0.2, 0.25) is 0 Å². The van der Waals surface area contributed by atoms with Gasteiger partial charge in [-0.3, -0.25) is 0 Å². The number of hydrogen-bond donors (Lipinski definition) is 2. The van der Waals surface area contributed by atoms with Gasteiger partial charge in [0.25, 0.3) is 0 Å². The predicted molar refractivity (Wildman–Crippen MR) is 74.9 cm³/mol. The van der Waals surface area contributed by atoms with Crippen molar-refractivity contribution in [3.05, 3.63) is 12.1 Å². The molecule has 1 unspecified atom stereocenters. The Bertz CT molecular complexity index is 391. The summed E-state index contributed by atoms with van der Waals surface area (Å²) in [4.78, 5) is 4.43. The van der Waals surface area contributed by atoms with Crippen molar-refractivity contribution in [3.63, 3.8) is 0 Å². The number of anilines is 2. The molecule has 1 fully saturated rings. The van der Waals surface area contributed by atoms with Gasteiger partial charge in [0.1, 0.15) is 5.82 Å². The highest BCUT2D eigenvalue weighted by Crippen LogP contribution is 2.31. The maximum atomic E-state index is 5.84. The van der Waals surface area contributed by atoms with Gasteiger partial charge < -0.3 is 15.8 Å². The number of nitrogen functional groups attached to an aromatic ring is 1. The van der Waals surface area contributed by atoms with Crippen LogP contribution in [0.5, 0.6) is 5.88 Å². The molecule has 1 aliphatic carbocycles. The summed E-state index contributed by atoms with van der Waals surface area (Å²) in [6, 6.07) is 4.24. The van der Waals surface area contributed by atoms with E-state index in [0.29, 0.717) is 24.2 Å². The Morgan fingerprint density at radius 3 is 2.89 bits per heavy atom. The lowest BCUT2D eigenvalue weighted by atomic mass is 9.80. The SMILES string of the molecule is CCCOc1nc(NC(C)C2CCC2)ccc1N. The molecule has 0 bridgehead atoms. The summed E-state index contributed by atoms with van der Waals surface area (Å²) in [6.07, 6.45) is 4.96. The van der Waals surface area contributed by atoms with Crippen molar-refractivity contribution < 1.29 is 4.74 Å². The Hall–Kier alpha value is -1.45. The van der Waals surface area contributed by atoms with Crippen molar-refractivity contribution in [3.8, 4) is 5.88 Å². The second-order valence-electron chi connectivity index (χ2n) is 5.06. The largest absolute Gasteiger partial charge is 0.476 e. The molecule has 1 aliphatic rings. The molecule has 0 spiro atoms. The molecule has 0 aromatic carbocycles. The lowest BCUT2D eigenvalue weighted by Gasteiger charge is -2.32. The van der Waals surface area contributed by atoms with E-state index >= 15 is 0 Å². The Balaban J connectivity index is 1.99. The van der Waals surface area contributed by atoms with Gasteiger partial charge in [-0.1, -0.05) is 13.3 Å². The first kappa shape index (κ1) is 13.0. The molecule has 0 radical (unpaired) electrons. The number of rotatable bonds is 6. The third kappa shape index (κ3) is 3.06. The van der Waals surface area contributed by atoms with E-state index in [-0.39, 0.29) is 0 Å². The van der Waals surface area contributed by atoms with Crippen LogP contribution in [0.25, 0.3) is 0 Å². The van der Waals surface area contributed by atoms with Crippen LogP contribution in [-0.2, 0) is 0 Å². The maximum absolute atomic E-state index is 5.84. The van der Waals surface area contributed by atoms with Gasteiger partial charge in [0.15, 0.2) is 0 Å². The number of nitrogens with zero attached hydrogens (tertiary/aromatic N) is 1. The molecule has 3 N–H and O–H groups in total. The second kappa shape index (κ2) is 5.94. The first-order chi connectivity index (χ1) is 8.70. The molecule has 1 atom stereocenters. The first-order valence-corrected chi connectivity index (χ1v) is 6.86. The maximum Gasteiger partial charge on any atom is 0.239 e. The van der Waals surface area contributed by atoms with Gasteiger partial charge in [-0.25, -0.2) is 0 Å². The van der Waals surface area contributed by atoms with E-state index in [2.05, 4.69) is 24.1 Å². The summed E-state index contributed by atoms with van der Waals surface area (Å²) in [7, 11) is 0. The number of nitrogens with two attached hydrogens (primary N) is 1. The molecule has 100 valence electrons. The minimum absolute atomic E-state index is 0.467. The summed E-state index contributed by atoms with van der Waals surface area (Å²) in [5.74, 6) is 2.18. The lowest BCUT2D eigenvalue weighted by molar-refractivity contribution is 0.284. The summed E-state index contributed by atoms with van der Waals surface area (Å²) < 4.78 is 5.53. The van der Waals surface area contributed by atoms with Gasteiger partial charge in [-0.15, -0.1) is 0 Å². The van der Waals surface area contributed by atoms with Crippen LogP contribution in [0.1, 0.15) is 39.5 Å². The highest BCUT2D eigenvalue weighted by Gasteiger charge is 2.24. The molecule has 1 aromatic rings. The van der Waals surface area contributed by atoms with Crippen LogP contribution in [0.15, 0.2) is 12.1 Å². The highest BCUT2D eigenvalue weighted by atomic mass is 16.5. The molecule has 4 heteroatoms. The third-order valence-corrected chi connectivity index (χ3v) is 3.57. The molecule has 1 saturated carbocycles. The zero-order chi connectivity index (χ0) is 13.0. The van der Waals surface area contributed by atoms with Gasteiger partial charge in [0, 0.05) is 6.04 Å². The van der Waals surface area contributed by atoms with Crippen LogP contribution in [0, 0.1) is 5.92 Å². The number of pyridine rings is 1. The fourth-order valence-electron chi connectivity index (χ4n) is 2.14. The van der Waals surface area contributed by atoms with E-state index in [1.54, 1.807) is 0 Å². The van der Waals surface area contributed by atoms with Crippen molar-refractivity contribution in [2.24, 2.45) is 5.92 Å². The predicted octanol–water partition coefficient (Wildman–Crippen LogP) is 3.05.